The van der Waals surface area contributed by atoms with E-state index < -0.39 is 23.9 Å². The third-order valence-electron chi connectivity index (χ3n) is 8.99. The van der Waals surface area contributed by atoms with Crippen LogP contribution >= 0.6 is 0 Å². The average Bonchev–Trinajstić information content (AvgIpc) is 3.76. The van der Waals surface area contributed by atoms with Crippen molar-refractivity contribution in [1.82, 2.24) is 10.0 Å². The number of hydrogen-bond donors (Lipinski definition) is 0. The van der Waals surface area contributed by atoms with Gasteiger partial charge in [-0.25, -0.2) is 9.91 Å². The minimum absolute atomic E-state index is 0.0178. The van der Waals surface area contributed by atoms with E-state index in [9.17, 15) is 14.4 Å². The Morgan fingerprint density at radius 1 is 0.872 bits per heavy atom. The van der Waals surface area contributed by atoms with Gasteiger partial charge in [-0.2, -0.15) is 10.2 Å². The molecule has 11 nitrogen and oxygen atoms in total. The van der Waals surface area contributed by atoms with Crippen LogP contribution in [0.15, 0.2) is 99.9 Å². The Labute approximate surface area is 273 Å². The Morgan fingerprint density at radius 3 is 2.23 bits per heavy atom. The van der Waals surface area contributed by atoms with Gasteiger partial charge in [0, 0.05) is 5.92 Å². The monoisotopic (exact) mass is 632 g/mol. The molecule has 0 spiro atoms. The summed E-state index contributed by atoms with van der Waals surface area (Å²) < 4.78 is 11.3. The summed E-state index contributed by atoms with van der Waals surface area (Å²) in [4.78, 5) is 42.0. The van der Waals surface area contributed by atoms with Gasteiger partial charge >= 0.3 is 0 Å². The summed E-state index contributed by atoms with van der Waals surface area (Å²) in [5, 5.41) is 16.1. The first kappa shape index (κ1) is 30.3. The lowest BCUT2D eigenvalue weighted by molar-refractivity contribution is -0.136. The lowest BCUT2D eigenvalue weighted by Gasteiger charge is -2.30. The van der Waals surface area contributed by atoms with Crippen molar-refractivity contribution in [2.24, 2.45) is 21.4 Å². The van der Waals surface area contributed by atoms with E-state index in [0.717, 1.165) is 58.1 Å². The Bertz CT molecular complexity index is 1750. The zero-order valence-electron chi connectivity index (χ0n) is 26.4. The van der Waals surface area contributed by atoms with E-state index in [0.29, 0.717) is 18.9 Å². The van der Waals surface area contributed by atoms with Crippen molar-refractivity contribution in [2.45, 2.75) is 51.2 Å². The molecule has 1 aliphatic carbocycles. The topological polar surface area (TPSA) is 116 Å². The van der Waals surface area contributed by atoms with Gasteiger partial charge in [-0.1, -0.05) is 47.7 Å². The Hall–Kier alpha value is -5.32. The summed E-state index contributed by atoms with van der Waals surface area (Å²) in [6.45, 7) is 4.80. The van der Waals surface area contributed by atoms with E-state index in [1.165, 1.54) is 5.01 Å². The largest absolute Gasteiger partial charge is 0.494 e. The van der Waals surface area contributed by atoms with Crippen LogP contribution in [0, 0.1) is 5.92 Å². The van der Waals surface area contributed by atoms with Crippen molar-refractivity contribution in [3.8, 4) is 11.5 Å². The van der Waals surface area contributed by atoms with E-state index in [4.69, 9.17) is 14.6 Å². The molecule has 11 heteroatoms. The first-order valence-electron chi connectivity index (χ1n) is 16.1. The third-order valence-corrected chi connectivity index (χ3v) is 8.99. The lowest BCUT2D eigenvalue weighted by atomic mass is 9.77. The minimum Gasteiger partial charge on any atom is -0.494 e. The number of nitrogens with zero attached hydrogens (tertiary/aromatic N) is 6. The third kappa shape index (κ3) is 5.66. The first-order valence-corrected chi connectivity index (χ1v) is 16.1. The highest BCUT2D eigenvalue weighted by atomic mass is 16.5. The maximum Gasteiger partial charge on any atom is 0.264 e. The van der Waals surface area contributed by atoms with E-state index >= 15 is 0 Å². The molecule has 2 fully saturated rings. The number of allylic oxidation sites excluding steroid dienone is 1. The summed E-state index contributed by atoms with van der Waals surface area (Å²) in [6, 6.07) is 22.2. The number of carbonyl (C=O) groups excluding carboxylic acids is 3. The van der Waals surface area contributed by atoms with Crippen LogP contribution in [0.1, 0.15) is 50.3 Å². The van der Waals surface area contributed by atoms with Crippen LogP contribution < -0.4 is 14.4 Å². The molecule has 1 saturated heterocycles. The molecular formula is C36H36N6O5. The highest BCUT2D eigenvalue weighted by Crippen LogP contribution is 2.45. The highest BCUT2D eigenvalue weighted by molar-refractivity contribution is 6.25. The number of hydrogen-bond acceptors (Lipinski definition) is 9. The van der Waals surface area contributed by atoms with Crippen LogP contribution in [-0.4, -0.2) is 65.3 Å². The number of imide groups is 1. The van der Waals surface area contributed by atoms with E-state index in [1.54, 1.807) is 29.3 Å². The molecule has 3 aromatic rings. The molecule has 0 radical (unpaired) electrons. The molecule has 240 valence electrons. The van der Waals surface area contributed by atoms with Crippen molar-refractivity contribution < 1.29 is 23.9 Å². The standard InChI is InChI=1S/C36H36N6O5/c1-3-46-27-17-13-23(14-18-27)21-25-9-8-12-29-31(25)38-42(33(29)24-15-19-28(20-16-24)47-4-2)30(43)22-40-34-32(37-39-40)35(44)41(36(34)45)26-10-6-5-7-11-26/h5-7,10-11,13-21,29,32-34H,3-4,8-9,12,22H2,1-2H3/b25-21+/t29-,32-,33+,34+/m0/s1. The van der Waals surface area contributed by atoms with Gasteiger partial charge in [-0.3, -0.25) is 19.4 Å². The van der Waals surface area contributed by atoms with Crippen molar-refractivity contribution in [2.75, 3.05) is 24.7 Å². The second-order valence-corrected chi connectivity index (χ2v) is 11.9. The Balaban J connectivity index is 1.18. The van der Waals surface area contributed by atoms with Crippen molar-refractivity contribution in [1.29, 1.82) is 0 Å². The number of amides is 3. The molecule has 0 bridgehead atoms. The van der Waals surface area contributed by atoms with Crippen LogP contribution in [0.4, 0.5) is 5.69 Å². The van der Waals surface area contributed by atoms with E-state index in [-0.39, 0.29) is 24.4 Å². The van der Waals surface area contributed by atoms with Crippen LogP contribution in [0.2, 0.25) is 0 Å². The smallest absolute Gasteiger partial charge is 0.264 e. The molecule has 3 aliphatic heterocycles. The number of para-hydroxylation sites is 1. The number of ether oxygens (including phenoxy) is 2. The van der Waals surface area contributed by atoms with Crippen molar-refractivity contribution >= 4 is 35.2 Å². The molecule has 3 aromatic carbocycles. The Morgan fingerprint density at radius 2 is 1.55 bits per heavy atom. The number of fused-ring (bicyclic) bond motifs is 2. The molecule has 7 rings (SSSR count). The van der Waals surface area contributed by atoms with Gasteiger partial charge in [-0.15, -0.1) is 0 Å². The quantitative estimate of drug-likeness (QED) is 0.284. The Kier molecular flexibility index (Phi) is 8.28. The molecule has 0 aromatic heterocycles. The molecule has 3 heterocycles. The molecule has 0 N–H and O–H groups in total. The van der Waals surface area contributed by atoms with Gasteiger partial charge in [0.15, 0.2) is 12.1 Å². The van der Waals surface area contributed by atoms with Gasteiger partial charge in [0.2, 0.25) is 0 Å². The maximum absolute atomic E-state index is 14.2. The SMILES string of the molecule is CCOc1ccc(/C=C2\CCC[C@H]3C2=NN(C(=O)CN2N=N[C@@H]4C(=O)N(c5ccccc5)C(=O)[C@@H]42)[C@@H]3c2ccc(OCC)cc2)cc1. The molecular weight excluding hydrogens is 596 g/mol. The van der Waals surface area contributed by atoms with Gasteiger partial charge in [-0.05, 0) is 92.3 Å². The fourth-order valence-corrected chi connectivity index (χ4v) is 6.89. The fourth-order valence-electron chi connectivity index (χ4n) is 6.89. The van der Waals surface area contributed by atoms with E-state index in [1.807, 2.05) is 68.4 Å². The number of anilines is 1. The number of benzene rings is 3. The summed E-state index contributed by atoms with van der Waals surface area (Å²) >= 11 is 0. The van der Waals surface area contributed by atoms with Crippen LogP contribution in [0.3, 0.4) is 0 Å². The van der Waals surface area contributed by atoms with Crippen LogP contribution in [-0.2, 0) is 14.4 Å². The summed E-state index contributed by atoms with van der Waals surface area (Å²) in [5.74, 6) is 0.323. The molecule has 4 atom stereocenters. The minimum atomic E-state index is -0.992. The number of rotatable bonds is 9. The van der Waals surface area contributed by atoms with Crippen molar-refractivity contribution in [3.63, 3.8) is 0 Å². The van der Waals surface area contributed by atoms with E-state index in [2.05, 4.69) is 16.4 Å². The normalized spacial score (nSPS) is 24.1. The zero-order chi connectivity index (χ0) is 32.5. The molecule has 3 amide bonds. The predicted octanol–water partition coefficient (Wildman–Crippen LogP) is 5.60. The molecule has 1 saturated carbocycles. The molecule has 47 heavy (non-hydrogen) atoms. The fraction of sp³-hybridized carbons (Fsp3) is 0.333. The predicted molar refractivity (Wildman–Crippen MR) is 176 cm³/mol. The zero-order valence-corrected chi connectivity index (χ0v) is 26.4. The second-order valence-electron chi connectivity index (χ2n) is 11.9. The lowest BCUT2D eigenvalue weighted by Crippen LogP contribution is -2.45. The summed E-state index contributed by atoms with van der Waals surface area (Å²) in [5.41, 5.74) is 4.42. The summed E-state index contributed by atoms with van der Waals surface area (Å²) in [7, 11) is 0. The van der Waals surface area contributed by atoms with Gasteiger partial charge < -0.3 is 9.47 Å². The summed E-state index contributed by atoms with van der Waals surface area (Å²) in [6.07, 6.45) is 4.81. The van der Waals surface area contributed by atoms with Gasteiger partial charge in [0.1, 0.15) is 18.0 Å². The highest BCUT2D eigenvalue weighted by Gasteiger charge is 2.55. The average molecular weight is 633 g/mol. The van der Waals surface area contributed by atoms with Gasteiger partial charge in [0.25, 0.3) is 17.7 Å². The molecule has 4 aliphatic rings. The number of carbonyl (C=O) groups is 3. The van der Waals surface area contributed by atoms with Crippen LogP contribution in [0.5, 0.6) is 11.5 Å². The van der Waals surface area contributed by atoms with Crippen LogP contribution in [0.25, 0.3) is 6.08 Å². The first-order chi connectivity index (χ1) is 23.0. The van der Waals surface area contributed by atoms with Gasteiger partial charge in [0.05, 0.1) is 30.7 Å². The van der Waals surface area contributed by atoms with Crippen molar-refractivity contribution in [3.05, 3.63) is 95.6 Å². The molecule has 0 unspecified atom stereocenters. The second kappa shape index (κ2) is 12.8. The maximum atomic E-state index is 14.2. The number of hydrazone groups is 1.